The summed E-state index contributed by atoms with van der Waals surface area (Å²) in [7, 11) is 1.81. The van der Waals surface area contributed by atoms with E-state index in [1.165, 1.54) is 0 Å². The minimum atomic E-state index is -0.825. The third-order valence-corrected chi connectivity index (χ3v) is 5.41. The standard InChI is InChI=1S/C20H21Cl2NO3.ClH/c1-23(12-19(24)25)11-3-10-20(14-6-8-15(21)9-7-14)17-4-2-5-18(22)16(17)13-26-20;/h2,4-9H,3,10-13H2,1H3,(H,24,25);1H. The first kappa shape index (κ1) is 22.0. The lowest BCUT2D eigenvalue weighted by Gasteiger charge is -2.31. The Morgan fingerprint density at radius 3 is 2.59 bits per heavy atom. The van der Waals surface area contributed by atoms with Crippen molar-refractivity contribution < 1.29 is 14.6 Å². The highest BCUT2D eigenvalue weighted by molar-refractivity contribution is 6.31. The van der Waals surface area contributed by atoms with E-state index in [0.717, 1.165) is 29.5 Å². The molecule has 2 aromatic rings. The molecule has 1 N–H and O–H groups in total. The Morgan fingerprint density at radius 1 is 1.22 bits per heavy atom. The van der Waals surface area contributed by atoms with Crippen molar-refractivity contribution in [1.29, 1.82) is 0 Å². The molecule has 27 heavy (non-hydrogen) atoms. The summed E-state index contributed by atoms with van der Waals surface area (Å²) in [5.41, 5.74) is 2.54. The van der Waals surface area contributed by atoms with E-state index in [1.807, 2.05) is 43.4 Å². The number of nitrogens with zero attached hydrogens (tertiary/aromatic N) is 1. The predicted octanol–water partition coefficient (Wildman–Crippen LogP) is 4.99. The molecule has 1 aliphatic heterocycles. The number of fused-ring (bicyclic) bond motifs is 1. The number of hydrogen-bond acceptors (Lipinski definition) is 3. The van der Waals surface area contributed by atoms with E-state index in [1.54, 1.807) is 4.90 Å². The summed E-state index contributed by atoms with van der Waals surface area (Å²) in [5.74, 6) is -0.825. The second kappa shape index (κ2) is 9.26. The monoisotopic (exact) mass is 429 g/mol. The van der Waals surface area contributed by atoms with E-state index < -0.39 is 11.6 Å². The lowest BCUT2D eigenvalue weighted by molar-refractivity contribution is -0.138. The van der Waals surface area contributed by atoms with Crippen LogP contribution in [-0.2, 0) is 21.7 Å². The number of halogens is 3. The number of likely N-dealkylation sites (N-methyl/N-ethyl adjacent to an activating group) is 1. The Kier molecular flexibility index (Phi) is 7.55. The van der Waals surface area contributed by atoms with E-state index >= 15 is 0 Å². The molecule has 0 bridgehead atoms. The van der Waals surface area contributed by atoms with Crippen LogP contribution in [0.3, 0.4) is 0 Å². The van der Waals surface area contributed by atoms with Crippen LogP contribution in [0.2, 0.25) is 10.0 Å². The van der Waals surface area contributed by atoms with Gasteiger partial charge in [0.1, 0.15) is 5.60 Å². The molecular formula is C20H22Cl3NO3. The fraction of sp³-hybridized carbons (Fsp3) is 0.350. The number of aliphatic carboxylic acids is 1. The maximum absolute atomic E-state index is 10.9. The Labute approximate surface area is 175 Å². The van der Waals surface area contributed by atoms with Crippen LogP contribution < -0.4 is 0 Å². The third-order valence-electron chi connectivity index (χ3n) is 4.80. The van der Waals surface area contributed by atoms with Crippen LogP contribution >= 0.6 is 35.6 Å². The lowest BCUT2D eigenvalue weighted by atomic mass is 9.82. The molecule has 0 spiro atoms. The van der Waals surface area contributed by atoms with Crippen LogP contribution in [0.5, 0.6) is 0 Å². The Bertz CT molecular complexity index is 798. The SMILES string of the molecule is CN(CCCC1(c2ccc(Cl)cc2)OCc2c(Cl)cccc21)CC(=O)O.Cl. The van der Waals surface area contributed by atoms with Crippen LogP contribution in [0.1, 0.15) is 29.5 Å². The molecule has 0 saturated heterocycles. The van der Waals surface area contributed by atoms with Gasteiger partial charge in [0.2, 0.25) is 0 Å². The first-order valence-corrected chi connectivity index (χ1v) is 9.26. The zero-order valence-electron chi connectivity index (χ0n) is 15.0. The van der Waals surface area contributed by atoms with Gasteiger partial charge in [0, 0.05) is 15.6 Å². The summed E-state index contributed by atoms with van der Waals surface area (Å²) in [4.78, 5) is 12.7. The van der Waals surface area contributed by atoms with Gasteiger partial charge in [-0.1, -0.05) is 47.5 Å². The van der Waals surface area contributed by atoms with Crippen molar-refractivity contribution in [3.8, 4) is 0 Å². The van der Waals surface area contributed by atoms with E-state index in [0.29, 0.717) is 23.2 Å². The van der Waals surface area contributed by atoms with Gasteiger partial charge in [0.05, 0.1) is 13.2 Å². The minimum absolute atomic E-state index is 0. The largest absolute Gasteiger partial charge is 0.480 e. The van der Waals surface area contributed by atoms with Crippen molar-refractivity contribution in [2.45, 2.75) is 25.0 Å². The highest BCUT2D eigenvalue weighted by Gasteiger charge is 2.42. The van der Waals surface area contributed by atoms with Crippen LogP contribution in [0.15, 0.2) is 42.5 Å². The molecule has 7 heteroatoms. The van der Waals surface area contributed by atoms with Crippen LogP contribution in [-0.4, -0.2) is 36.1 Å². The lowest BCUT2D eigenvalue weighted by Crippen LogP contribution is -2.31. The molecule has 1 aliphatic rings. The molecule has 1 atom stereocenters. The van der Waals surface area contributed by atoms with Crippen molar-refractivity contribution in [2.24, 2.45) is 0 Å². The van der Waals surface area contributed by atoms with Gasteiger partial charge in [-0.25, -0.2) is 0 Å². The van der Waals surface area contributed by atoms with E-state index in [-0.39, 0.29) is 19.0 Å². The first-order chi connectivity index (χ1) is 12.4. The summed E-state index contributed by atoms with van der Waals surface area (Å²) in [5, 5.41) is 10.3. The molecule has 4 nitrogen and oxygen atoms in total. The molecule has 0 saturated carbocycles. The summed E-state index contributed by atoms with van der Waals surface area (Å²) in [6.07, 6.45) is 1.52. The molecule has 0 radical (unpaired) electrons. The van der Waals surface area contributed by atoms with Crippen LogP contribution in [0.25, 0.3) is 0 Å². The van der Waals surface area contributed by atoms with Gasteiger partial charge in [-0.2, -0.15) is 0 Å². The van der Waals surface area contributed by atoms with E-state index in [9.17, 15) is 4.79 Å². The van der Waals surface area contributed by atoms with Gasteiger partial charge in [0.25, 0.3) is 0 Å². The molecule has 0 fully saturated rings. The average molecular weight is 431 g/mol. The second-order valence-electron chi connectivity index (χ2n) is 6.62. The Morgan fingerprint density at radius 2 is 1.93 bits per heavy atom. The summed E-state index contributed by atoms with van der Waals surface area (Å²) < 4.78 is 6.32. The van der Waals surface area contributed by atoms with Crippen molar-refractivity contribution >= 4 is 41.6 Å². The number of carboxylic acids is 1. The Hall–Kier alpha value is -1.30. The molecule has 0 amide bonds. The van der Waals surface area contributed by atoms with Crippen LogP contribution in [0.4, 0.5) is 0 Å². The number of hydrogen-bond donors (Lipinski definition) is 1. The average Bonchev–Trinajstić information content (AvgIpc) is 2.96. The fourth-order valence-electron chi connectivity index (χ4n) is 3.57. The van der Waals surface area contributed by atoms with Crippen LogP contribution in [0, 0.1) is 0 Å². The van der Waals surface area contributed by atoms with E-state index in [4.69, 9.17) is 33.0 Å². The van der Waals surface area contributed by atoms with E-state index in [2.05, 4.69) is 6.07 Å². The number of rotatable bonds is 7. The number of carbonyl (C=O) groups is 1. The molecule has 1 heterocycles. The predicted molar refractivity (Wildman–Crippen MR) is 110 cm³/mol. The maximum atomic E-state index is 10.9. The normalized spacial score (nSPS) is 18.2. The van der Waals surface area contributed by atoms with Crippen molar-refractivity contribution in [2.75, 3.05) is 20.1 Å². The highest BCUT2D eigenvalue weighted by atomic mass is 35.5. The topological polar surface area (TPSA) is 49.8 Å². The van der Waals surface area contributed by atoms with Gasteiger partial charge in [-0.05, 0) is 55.8 Å². The quantitative estimate of drug-likeness (QED) is 0.672. The second-order valence-corrected chi connectivity index (χ2v) is 7.47. The smallest absolute Gasteiger partial charge is 0.317 e. The highest BCUT2D eigenvalue weighted by Crippen LogP contribution is 2.47. The van der Waals surface area contributed by atoms with Crippen molar-refractivity contribution in [1.82, 2.24) is 4.90 Å². The zero-order valence-corrected chi connectivity index (χ0v) is 17.3. The summed E-state index contributed by atoms with van der Waals surface area (Å²) >= 11 is 12.4. The van der Waals surface area contributed by atoms with Gasteiger partial charge in [0.15, 0.2) is 0 Å². The first-order valence-electron chi connectivity index (χ1n) is 8.50. The van der Waals surface area contributed by atoms with Gasteiger partial charge >= 0.3 is 5.97 Å². The number of carboxylic acid groups (broad SMARTS) is 1. The summed E-state index contributed by atoms with van der Waals surface area (Å²) in [6.45, 7) is 1.15. The maximum Gasteiger partial charge on any atom is 0.317 e. The van der Waals surface area contributed by atoms with Crippen molar-refractivity contribution in [3.05, 3.63) is 69.2 Å². The van der Waals surface area contributed by atoms with Gasteiger partial charge in [-0.3, -0.25) is 9.69 Å². The number of benzene rings is 2. The minimum Gasteiger partial charge on any atom is -0.480 e. The molecule has 3 rings (SSSR count). The Balaban J connectivity index is 0.00000261. The molecule has 1 unspecified atom stereocenters. The molecule has 2 aromatic carbocycles. The summed E-state index contributed by atoms with van der Waals surface area (Å²) in [6, 6.07) is 13.6. The van der Waals surface area contributed by atoms with Gasteiger partial charge < -0.3 is 9.84 Å². The molecular weight excluding hydrogens is 409 g/mol. The molecule has 0 aromatic heterocycles. The number of ether oxygens (including phenoxy) is 1. The third kappa shape index (κ3) is 4.76. The zero-order chi connectivity index (χ0) is 18.7. The molecule has 146 valence electrons. The van der Waals surface area contributed by atoms with Crippen molar-refractivity contribution in [3.63, 3.8) is 0 Å². The molecule has 0 aliphatic carbocycles. The van der Waals surface area contributed by atoms with Gasteiger partial charge in [-0.15, -0.1) is 12.4 Å². The fourth-order valence-corrected chi connectivity index (χ4v) is 3.93.